The third-order valence-electron chi connectivity index (χ3n) is 1.75. The number of ether oxygens (including phenoxy) is 1. The van der Waals surface area contributed by atoms with E-state index in [4.69, 9.17) is 22.1 Å². The topological polar surface area (TPSA) is 61.0 Å². The second-order valence-corrected chi connectivity index (χ2v) is 3.37. The first-order valence-corrected chi connectivity index (χ1v) is 4.97. The molecular weight excluding hydrogens is 202 g/mol. The lowest BCUT2D eigenvalue weighted by Gasteiger charge is -2.11. The van der Waals surface area contributed by atoms with E-state index in [0.29, 0.717) is 24.9 Å². The molecular formula is C9H14ClN3O. The Hall–Kier alpha value is -0.870. The largest absolute Gasteiger partial charge is 0.476 e. The average molecular weight is 216 g/mol. The molecule has 1 heterocycles. The van der Waals surface area contributed by atoms with E-state index in [1.807, 2.05) is 6.92 Å². The van der Waals surface area contributed by atoms with Crippen LogP contribution in [0.5, 0.6) is 5.88 Å². The van der Waals surface area contributed by atoms with Gasteiger partial charge in [-0.05, 0) is 13.5 Å². The maximum absolute atomic E-state index is 5.67. The van der Waals surface area contributed by atoms with E-state index < -0.39 is 0 Å². The lowest BCUT2D eigenvalue weighted by molar-refractivity contribution is 0.255. The van der Waals surface area contributed by atoms with E-state index in [0.717, 1.165) is 5.69 Å². The van der Waals surface area contributed by atoms with Crippen LogP contribution in [0.2, 0.25) is 0 Å². The normalized spacial score (nSPS) is 12.5. The number of halogens is 1. The maximum atomic E-state index is 5.67. The van der Waals surface area contributed by atoms with Gasteiger partial charge in [-0.15, -0.1) is 11.6 Å². The summed E-state index contributed by atoms with van der Waals surface area (Å²) in [7, 11) is 0. The van der Waals surface area contributed by atoms with Crippen LogP contribution in [-0.2, 0) is 0 Å². The standard InChI is InChI=1S/C9H14ClN3O/c1-7-4-12-5-9(13-7)14-6-8(2-10)3-11/h4-5,8H,2-3,6,11H2,1H3. The van der Waals surface area contributed by atoms with Gasteiger partial charge in [-0.25, -0.2) is 4.98 Å². The van der Waals surface area contributed by atoms with Crippen molar-refractivity contribution in [2.24, 2.45) is 11.7 Å². The van der Waals surface area contributed by atoms with Crippen LogP contribution in [0.4, 0.5) is 0 Å². The van der Waals surface area contributed by atoms with Gasteiger partial charge in [0.25, 0.3) is 0 Å². The summed E-state index contributed by atoms with van der Waals surface area (Å²) in [6, 6.07) is 0. The number of hydrogen-bond acceptors (Lipinski definition) is 4. The van der Waals surface area contributed by atoms with Gasteiger partial charge in [0.15, 0.2) is 0 Å². The van der Waals surface area contributed by atoms with Crippen LogP contribution in [0.3, 0.4) is 0 Å². The molecule has 2 N–H and O–H groups in total. The first-order chi connectivity index (χ1) is 6.76. The van der Waals surface area contributed by atoms with Crippen LogP contribution in [0, 0.1) is 12.8 Å². The molecule has 0 spiro atoms. The zero-order valence-corrected chi connectivity index (χ0v) is 8.87. The van der Waals surface area contributed by atoms with E-state index >= 15 is 0 Å². The fourth-order valence-electron chi connectivity index (χ4n) is 0.889. The summed E-state index contributed by atoms with van der Waals surface area (Å²) in [6.07, 6.45) is 3.25. The van der Waals surface area contributed by atoms with E-state index in [-0.39, 0.29) is 5.92 Å². The number of rotatable bonds is 5. The van der Waals surface area contributed by atoms with Crippen LogP contribution in [-0.4, -0.2) is 29.0 Å². The van der Waals surface area contributed by atoms with Crippen molar-refractivity contribution in [2.75, 3.05) is 19.0 Å². The second kappa shape index (κ2) is 5.78. The zero-order chi connectivity index (χ0) is 10.4. The van der Waals surface area contributed by atoms with Gasteiger partial charge < -0.3 is 10.5 Å². The van der Waals surface area contributed by atoms with E-state index in [2.05, 4.69) is 9.97 Å². The van der Waals surface area contributed by atoms with Crippen molar-refractivity contribution in [3.8, 4) is 5.88 Å². The molecule has 4 nitrogen and oxygen atoms in total. The molecule has 0 saturated heterocycles. The number of hydrogen-bond donors (Lipinski definition) is 1. The first-order valence-electron chi connectivity index (χ1n) is 4.43. The summed E-state index contributed by atoms with van der Waals surface area (Å²) in [4.78, 5) is 8.11. The molecule has 1 aromatic rings. The Bertz CT molecular complexity index is 279. The highest BCUT2D eigenvalue weighted by Crippen LogP contribution is 2.06. The Labute approximate surface area is 88.5 Å². The monoisotopic (exact) mass is 215 g/mol. The molecule has 5 heteroatoms. The Morgan fingerprint density at radius 3 is 2.93 bits per heavy atom. The van der Waals surface area contributed by atoms with E-state index in [9.17, 15) is 0 Å². The highest BCUT2D eigenvalue weighted by Gasteiger charge is 2.06. The predicted octanol–water partition coefficient (Wildman–Crippen LogP) is 0.978. The van der Waals surface area contributed by atoms with Crippen LogP contribution in [0.15, 0.2) is 12.4 Å². The van der Waals surface area contributed by atoms with Crippen LogP contribution in [0.25, 0.3) is 0 Å². The molecule has 0 aliphatic heterocycles. The minimum absolute atomic E-state index is 0.166. The van der Waals surface area contributed by atoms with Crippen LogP contribution < -0.4 is 10.5 Å². The molecule has 1 rings (SSSR count). The van der Waals surface area contributed by atoms with Gasteiger partial charge in [-0.2, -0.15) is 0 Å². The fraction of sp³-hybridized carbons (Fsp3) is 0.556. The van der Waals surface area contributed by atoms with Gasteiger partial charge in [0.1, 0.15) is 0 Å². The molecule has 0 amide bonds. The SMILES string of the molecule is Cc1cncc(OCC(CN)CCl)n1. The van der Waals surface area contributed by atoms with Crippen molar-refractivity contribution in [3.05, 3.63) is 18.1 Å². The molecule has 0 aliphatic carbocycles. The molecule has 0 bridgehead atoms. The Morgan fingerprint density at radius 1 is 1.57 bits per heavy atom. The molecule has 0 radical (unpaired) electrons. The number of aromatic nitrogens is 2. The smallest absolute Gasteiger partial charge is 0.232 e. The molecule has 0 aliphatic rings. The molecule has 78 valence electrons. The number of aryl methyl sites for hydroxylation is 1. The van der Waals surface area contributed by atoms with Crippen molar-refractivity contribution in [2.45, 2.75) is 6.92 Å². The minimum Gasteiger partial charge on any atom is -0.476 e. The molecule has 0 saturated carbocycles. The lowest BCUT2D eigenvalue weighted by Crippen LogP contribution is -2.23. The van der Waals surface area contributed by atoms with Crippen molar-refractivity contribution in [3.63, 3.8) is 0 Å². The Kier molecular flexibility index (Phi) is 4.62. The van der Waals surface area contributed by atoms with E-state index in [1.54, 1.807) is 12.4 Å². The van der Waals surface area contributed by atoms with Crippen LogP contribution >= 0.6 is 11.6 Å². The summed E-state index contributed by atoms with van der Waals surface area (Å²) in [5.41, 5.74) is 6.31. The zero-order valence-electron chi connectivity index (χ0n) is 8.11. The van der Waals surface area contributed by atoms with E-state index in [1.165, 1.54) is 0 Å². The molecule has 0 aromatic carbocycles. The minimum atomic E-state index is 0.166. The summed E-state index contributed by atoms with van der Waals surface area (Å²) >= 11 is 5.67. The number of alkyl halides is 1. The van der Waals surface area contributed by atoms with Gasteiger partial charge in [0.05, 0.1) is 18.5 Å². The third-order valence-corrected chi connectivity index (χ3v) is 2.19. The highest BCUT2D eigenvalue weighted by molar-refractivity contribution is 6.18. The quantitative estimate of drug-likeness (QED) is 0.744. The second-order valence-electron chi connectivity index (χ2n) is 3.07. The highest BCUT2D eigenvalue weighted by atomic mass is 35.5. The third kappa shape index (κ3) is 3.47. The van der Waals surface area contributed by atoms with Gasteiger partial charge >= 0.3 is 0 Å². The number of nitrogens with two attached hydrogens (primary N) is 1. The van der Waals surface area contributed by atoms with Gasteiger partial charge in [0.2, 0.25) is 5.88 Å². The summed E-state index contributed by atoms with van der Waals surface area (Å²) in [5, 5.41) is 0. The Balaban J connectivity index is 2.44. The maximum Gasteiger partial charge on any atom is 0.232 e. The molecule has 1 unspecified atom stereocenters. The van der Waals surface area contributed by atoms with Gasteiger partial charge in [0, 0.05) is 18.0 Å². The van der Waals surface area contributed by atoms with Crippen LogP contribution in [0.1, 0.15) is 5.69 Å². The molecule has 1 aromatic heterocycles. The Morgan fingerprint density at radius 2 is 2.36 bits per heavy atom. The summed E-state index contributed by atoms with van der Waals surface area (Å²) < 4.78 is 5.39. The molecule has 14 heavy (non-hydrogen) atoms. The van der Waals surface area contributed by atoms with Gasteiger partial charge in [-0.1, -0.05) is 0 Å². The lowest BCUT2D eigenvalue weighted by atomic mass is 10.2. The average Bonchev–Trinajstić information content (AvgIpc) is 2.19. The summed E-state index contributed by atoms with van der Waals surface area (Å²) in [6.45, 7) is 2.86. The van der Waals surface area contributed by atoms with Crippen molar-refractivity contribution < 1.29 is 4.74 Å². The molecule has 0 fully saturated rings. The first kappa shape index (κ1) is 11.2. The predicted molar refractivity (Wildman–Crippen MR) is 55.5 cm³/mol. The number of nitrogens with zero attached hydrogens (tertiary/aromatic N) is 2. The van der Waals surface area contributed by atoms with Gasteiger partial charge in [-0.3, -0.25) is 4.98 Å². The summed E-state index contributed by atoms with van der Waals surface area (Å²) in [5.74, 6) is 1.18. The molecule has 1 atom stereocenters. The van der Waals surface area contributed by atoms with Crippen molar-refractivity contribution >= 4 is 11.6 Å². The fourth-order valence-corrected chi connectivity index (χ4v) is 1.10. The van der Waals surface area contributed by atoms with Crippen molar-refractivity contribution in [1.82, 2.24) is 9.97 Å². The van der Waals surface area contributed by atoms with Crippen molar-refractivity contribution in [1.29, 1.82) is 0 Å².